The van der Waals surface area contributed by atoms with E-state index in [1.807, 2.05) is 24.3 Å². The summed E-state index contributed by atoms with van der Waals surface area (Å²) in [4.78, 5) is 4.32. The second-order valence-corrected chi connectivity index (χ2v) is 4.66. The zero-order chi connectivity index (χ0) is 13.2. The summed E-state index contributed by atoms with van der Waals surface area (Å²) in [5.41, 5.74) is 0.685. The van der Waals surface area contributed by atoms with E-state index in [0.29, 0.717) is 27.4 Å². The molecule has 0 N–H and O–H groups in total. The van der Waals surface area contributed by atoms with E-state index in [1.54, 1.807) is 22.7 Å². The number of nitrogens with zero attached hydrogens (tertiary/aromatic N) is 3. The van der Waals surface area contributed by atoms with Crippen LogP contribution in [0.3, 0.4) is 0 Å². The Bertz CT molecular complexity index is 727. The van der Waals surface area contributed by atoms with Gasteiger partial charge in [0.05, 0.1) is 5.02 Å². The van der Waals surface area contributed by atoms with Gasteiger partial charge in [0, 0.05) is 0 Å². The third-order valence-corrected chi connectivity index (χ3v) is 3.15. The van der Waals surface area contributed by atoms with Gasteiger partial charge in [0.1, 0.15) is 17.5 Å². The molecule has 1 aromatic carbocycles. The van der Waals surface area contributed by atoms with E-state index in [4.69, 9.17) is 27.9 Å². The lowest BCUT2D eigenvalue weighted by atomic mass is 10.3. The molecule has 0 radical (unpaired) electrons. The van der Waals surface area contributed by atoms with Crippen molar-refractivity contribution in [3.63, 3.8) is 0 Å². The van der Waals surface area contributed by atoms with E-state index in [1.165, 1.54) is 0 Å². The predicted octanol–water partition coefficient (Wildman–Crippen LogP) is 3.62. The quantitative estimate of drug-likeness (QED) is 0.693. The number of fused-ring (bicyclic) bond motifs is 1. The Labute approximate surface area is 119 Å². The minimum atomic E-state index is 0.238. The van der Waals surface area contributed by atoms with Crippen LogP contribution in [0.2, 0.25) is 10.2 Å². The molecule has 0 bridgehead atoms. The van der Waals surface area contributed by atoms with Gasteiger partial charge in [-0.15, -0.1) is 5.10 Å². The van der Waals surface area contributed by atoms with E-state index in [2.05, 4.69) is 10.1 Å². The SMILES string of the molecule is Clc1ccccc1OCc1nc2cccc(Cl)n2n1. The van der Waals surface area contributed by atoms with Crippen molar-refractivity contribution in [2.75, 3.05) is 0 Å². The minimum Gasteiger partial charge on any atom is -0.484 e. The van der Waals surface area contributed by atoms with Crippen molar-refractivity contribution in [2.24, 2.45) is 0 Å². The molecule has 0 aliphatic heterocycles. The number of hydrogen-bond donors (Lipinski definition) is 0. The average Bonchev–Trinajstić information content (AvgIpc) is 2.82. The van der Waals surface area contributed by atoms with Crippen LogP contribution < -0.4 is 4.74 Å². The fraction of sp³-hybridized carbons (Fsp3) is 0.0769. The van der Waals surface area contributed by atoms with Gasteiger partial charge < -0.3 is 4.74 Å². The van der Waals surface area contributed by atoms with Crippen molar-refractivity contribution in [1.29, 1.82) is 0 Å². The van der Waals surface area contributed by atoms with Crippen LogP contribution in [0.5, 0.6) is 5.75 Å². The van der Waals surface area contributed by atoms with Crippen LogP contribution in [0, 0.1) is 0 Å². The smallest absolute Gasteiger partial charge is 0.189 e. The monoisotopic (exact) mass is 293 g/mol. The van der Waals surface area contributed by atoms with Crippen molar-refractivity contribution in [3.8, 4) is 5.75 Å². The molecule has 0 amide bonds. The summed E-state index contributed by atoms with van der Waals surface area (Å²) in [7, 11) is 0. The molecule has 4 nitrogen and oxygen atoms in total. The molecule has 0 aliphatic rings. The van der Waals surface area contributed by atoms with Crippen LogP contribution in [-0.2, 0) is 6.61 Å². The molecular weight excluding hydrogens is 285 g/mol. The van der Waals surface area contributed by atoms with Crippen molar-refractivity contribution >= 4 is 28.8 Å². The largest absolute Gasteiger partial charge is 0.484 e. The lowest BCUT2D eigenvalue weighted by Crippen LogP contribution is -1.98. The Kier molecular flexibility index (Phi) is 3.27. The van der Waals surface area contributed by atoms with Gasteiger partial charge in [0.2, 0.25) is 0 Å². The van der Waals surface area contributed by atoms with Crippen LogP contribution in [0.15, 0.2) is 42.5 Å². The summed E-state index contributed by atoms with van der Waals surface area (Å²) in [6, 6.07) is 12.7. The number of aromatic nitrogens is 3. The van der Waals surface area contributed by atoms with Gasteiger partial charge in [0.15, 0.2) is 11.5 Å². The summed E-state index contributed by atoms with van der Waals surface area (Å²) in [5, 5.41) is 5.33. The third-order valence-electron chi connectivity index (χ3n) is 2.55. The second kappa shape index (κ2) is 5.07. The molecule has 0 saturated heterocycles. The Balaban J connectivity index is 1.83. The maximum atomic E-state index is 6.01. The van der Waals surface area contributed by atoms with Crippen molar-refractivity contribution in [2.45, 2.75) is 6.61 Å². The van der Waals surface area contributed by atoms with E-state index in [9.17, 15) is 0 Å². The molecule has 0 saturated carbocycles. The van der Waals surface area contributed by atoms with E-state index in [-0.39, 0.29) is 6.61 Å². The topological polar surface area (TPSA) is 39.4 Å². The molecule has 2 aromatic heterocycles. The van der Waals surface area contributed by atoms with Gasteiger partial charge in [-0.1, -0.05) is 41.4 Å². The van der Waals surface area contributed by atoms with Crippen molar-refractivity contribution < 1.29 is 4.74 Å². The molecule has 19 heavy (non-hydrogen) atoms. The zero-order valence-corrected chi connectivity index (χ0v) is 11.3. The number of pyridine rings is 1. The molecular formula is C13H9Cl2N3O. The summed E-state index contributed by atoms with van der Waals surface area (Å²) in [5.74, 6) is 1.15. The van der Waals surface area contributed by atoms with E-state index >= 15 is 0 Å². The number of benzene rings is 1. The summed E-state index contributed by atoms with van der Waals surface area (Å²) >= 11 is 12.0. The van der Waals surface area contributed by atoms with Crippen LogP contribution in [0.4, 0.5) is 0 Å². The van der Waals surface area contributed by atoms with Gasteiger partial charge >= 0.3 is 0 Å². The number of ether oxygens (including phenoxy) is 1. The summed E-state index contributed by atoms with van der Waals surface area (Å²) in [6.45, 7) is 0.238. The number of halogens is 2. The summed E-state index contributed by atoms with van der Waals surface area (Å²) < 4.78 is 7.14. The Morgan fingerprint density at radius 3 is 2.68 bits per heavy atom. The average molecular weight is 294 g/mol. The first-order valence-electron chi connectivity index (χ1n) is 5.61. The molecule has 6 heteroatoms. The standard InChI is InChI=1S/C13H9Cl2N3O/c14-9-4-1-2-5-10(9)19-8-12-16-13-7-3-6-11(15)18(13)17-12/h1-7H,8H2. The molecule has 0 spiro atoms. The fourth-order valence-corrected chi connectivity index (χ4v) is 2.07. The Morgan fingerprint density at radius 2 is 1.89 bits per heavy atom. The molecule has 3 aromatic rings. The van der Waals surface area contributed by atoms with Gasteiger partial charge in [0.25, 0.3) is 0 Å². The van der Waals surface area contributed by atoms with Crippen LogP contribution >= 0.6 is 23.2 Å². The Hall–Kier alpha value is -1.78. The molecule has 2 heterocycles. The fourth-order valence-electron chi connectivity index (χ4n) is 1.68. The molecule has 0 atom stereocenters. The highest BCUT2D eigenvalue weighted by molar-refractivity contribution is 6.32. The first-order chi connectivity index (χ1) is 9.24. The number of hydrogen-bond acceptors (Lipinski definition) is 3. The van der Waals surface area contributed by atoms with Crippen molar-refractivity contribution in [3.05, 3.63) is 58.5 Å². The molecule has 3 rings (SSSR count). The molecule has 96 valence electrons. The van der Waals surface area contributed by atoms with Gasteiger partial charge in [-0.3, -0.25) is 0 Å². The molecule has 0 fully saturated rings. The zero-order valence-electron chi connectivity index (χ0n) is 9.75. The second-order valence-electron chi connectivity index (χ2n) is 3.87. The Morgan fingerprint density at radius 1 is 1.05 bits per heavy atom. The van der Waals surface area contributed by atoms with E-state index < -0.39 is 0 Å². The molecule has 0 aliphatic carbocycles. The van der Waals surface area contributed by atoms with Crippen LogP contribution in [0.1, 0.15) is 5.82 Å². The molecule has 0 unspecified atom stereocenters. The highest BCUT2D eigenvalue weighted by Crippen LogP contribution is 2.23. The maximum Gasteiger partial charge on any atom is 0.189 e. The van der Waals surface area contributed by atoms with Crippen molar-refractivity contribution in [1.82, 2.24) is 14.6 Å². The van der Waals surface area contributed by atoms with E-state index in [0.717, 1.165) is 0 Å². The number of para-hydroxylation sites is 1. The third kappa shape index (κ3) is 2.50. The van der Waals surface area contributed by atoms with Gasteiger partial charge in [-0.25, -0.2) is 9.50 Å². The van der Waals surface area contributed by atoms with Crippen LogP contribution in [0.25, 0.3) is 5.65 Å². The van der Waals surface area contributed by atoms with Gasteiger partial charge in [-0.2, -0.15) is 0 Å². The lowest BCUT2D eigenvalue weighted by Gasteiger charge is -2.04. The highest BCUT2D eigenvalue weighted by Gasteiger charge is 2.07. The number of rotatable bonds is 3. The van der Waals surface area contributed by atoms with Gasteiger partial charge in [-0.05, 0) is 24.3 Å². The normalized spacial score (nSPS) is 10.8. The lowest BCUT2D eigenvalue weighted by molar-refractivity contribution is 0.296. The van der Waals surface area contributed by atoms with Crippen LogP contribution in [-0.4, -0.2) is 14.6 Å². The predicted molar refractivity (Wildman–Crippen MR) is 73.8 cm³/mol. The first kappa shape index (κ1) is 12.3. The summed E-state index contributed by atoms with van der Waals surface area (Å²) in [6.07, 6.45) is 0. The first-order valence-corrected chi connectivity index (χ1v) is 6.37. The maximum absolute atomic E-state index is 6.01. The highest BCUT2D eigenvalue weighted by atomic mass is 35.5. The minimum absolute atomic E-state index is 0.238.